The average molecular weight is 373 g/mol. The summed E-state index contributed by atoms with van der Waals surface area (Å²) in [6.07, 6.45) is 2.10. The maximum atomic E-state index is 12.4. The first-order chi connectivity index (χ1) is 13.1. The van der Waals surface area contributed by atoms with Gasteiger partial charge in [0.05, 0.1) is 19.1 Å². The van der Waals surface area contributed by atoms with Crippen LogP contribution in [-0.2, 0) is 20.7 Å². The van der Waals surface area contributed by atoms with Crippen molar-refractivity contribution in [1.82, 2.24) is 15.1 Å². The van der Waals surface area contributed by atoms with Crippen LogP contribution >= 0.6 is 0 Å². The molecule has 1 atom stereocenters. The van der Waals surface area contributed by atoms with Crippen LogP contribution < -0.4 is 5.32 Å². The molecule has 148 valence electrons. The summed E-state index contributed by atoms with van der Waals surface area (Å²) in [6.45, 7) is 8.49. The number of rotatable bonds is 8. The van der Waals surface area contributed by atoms with Gasteiger partial charge >= 0.3 is 0 Å². The minimum absolute atomic E-state index is 0.0168. The smallest absolute Gasteiger partial charge is 0.225 e. The zero-order valence-electron chi connectivity index (χ0n) is 16.3. The number of benzene rings is 1. The van der Waals surface area contributed by atoms with Crippen molar-refractivity contribution < 1.29 is 14.3 Å². The molecule has 0 bridgehead atoms. The third-order valence-corrected chi connectivity index (χ3v) is 5.43. The van der Waals surface area contributed by atoms with Crippen LogP contribution in [0.5, 0.6) is 0 Å². The number of nitrogens with one attached hydrogen (secondary N) is 1. The Kier molecular flexibility index (Phi) is 7.24. The molecule has 2 amide bonds. The molecule has 6 nitrogen and oxygen atoms in total. The summed E-state index contributed by atoms with van der Waals surface area (Å²) < 4.78 is 5.34. The van der Waals surface area contributed by atoms with Gasteiger partial charge in [0.2, 0.25) is 11.8 Å². The minimum atomic E-state index is -0.209. The number of carbonyl (C=O) groups excluding carboxylic acids is 2. The Morgan fingerprint density at radius 2 is 1.93 bits per heavy atom. The van der Waals surface area contributed by atoms with Crippen LogP contribution in [0, 0.1) is 12.8 Å². The van der Waals surface area contributed by atoms with Crippen LogP contribution in [0.4, 0.5) is 0 Å². The highest BCUT2D eigenvalue weighted by molar-refractivity contribution is 5.89. The molecule has 2 heterocycles. The molecule has 1 aromatic rings. The summed E-state index contributed by atoms with van der Waals surface area (Å²) in [4.78, 5) is 28.8. The number of amides is 2. The Labute approximate surface area is 161 Å². The molecule has 1 aromatic carbocycles. The van der Waals surface area contributed by atoms with Gasteiger partial charge in [-0.25, -0.2) is 0 Å². The molecule has 2 saturated heterocycles. The van der Waals surface area contributed by atoms with Gasteiger partial charge in [-0.15, -0.1) is 0 Å². The molecule has 0 aliphatic carbocycles. The molecule has 2 aliphatic rings. The van der Waals surface area contributed by atoms with E-state index in [2.05, 4.69) is 41.4 Å². The van der Waals surface area contributed by atoms with E-state index in [9.17, 15) is 9.59 Å². The first kappa shape index (κ1) is 19.8. The third kappa shape index (κ3) is 6.04. The van der Waals surface area contributed by atoms with Gasteiger partial charge in [-0.1, -0.05) is 29.8 Å². The number of nitrogens with zero attached hydrogens (tertiary/aromatic N) is 2. The van der Waals surface area contributed by atoms with Gasteiger partial charge in [0, 0.05) is 39.1 Å². The zero-order valence-corrected chi connectivity index (χ0v) is 16.3. The molecule has 27 heavy (non-hydrogen) atoms. The molecule has 0 unspecified atom stereocenters. The second kappa shape index (κ2) is 9.85. The topological polar surface area (TPSA) is 61.9 Å². The van der Waals surface area contributed by atoms with Gasteiger partial charge in [-0.2, -0.15) is 0 Å². The predicted octanol–water partition coefficient (Wildman–Crippen LogP) is 1.22. The van der Waals surface area contributed by atoms with Crippen molar-refractivity contribution in [3.63, 3.8) is 0 Å². The second-order valence-corrected chi connectivity index (χ2v) is 7.57. The Bertz CT molecular complexity index is 626. The lowest BCUT2D eigenvalue weighted by Crippen LogP contribution is -2.39. The average Bonchev–Trinajstić information content (AvgIpc) is 3.06. The summed E-state index contributed by atoms with van der Waals surface area (Å²) >= 11 is 0. The zero-order chi connectivity index (χ0) is 19.1. The number of ether oxygens (including phenoxy) is 1. The largest absolute Gasteiger partial charge is 0.379 e. The Morgan fingerprint density at radius 3 is 2.67 bits per heavy atom. The fourth-order valence-corrected chi connectivity index (χ4v) is 3.67. The summed E-state index contributed by atoms with van der Waals surface area (Å²) in [5.74, 6) is -0.0994. The van der Waals surface area contributed by atoms with Crippen LogP contribution in [0.2, 0.25) is 0 Å². The van der Waals surface area contributed by atoms with Gasteiger partial charge in [0.15, 0.2) is 0 Å². The van der Waals surface area contributed by atoms with Crippen molar-refractivity contribution in [3.05, 3.63) is 35.4 Å². The molecular formula is C21H31N3O3. The highest BCUT2D eigenvalue weighted by Gasteiger charge is 2.33. The maximum absolute atomic E-state index is 12.4. The molecule has 1 N–H and O–H groups in total. The lowest BCUT2D eigenvalue weighted by atomic mass is 10.1. The van der Waals surface area contributed by atoms with Gasteiger partial charge in [0.1, 0.15) is 0 Å². The van der Waals surface area contributed by atoms with E-state index in [0.717, 1.165) is 45.7 Å². The molecule has 0 saturated carbocycles. The molecule has 0 aromatic heterocycles. The normalized spacial score (nSPS) is 20.9. The van der Waals surface area contributed by atoms with E-state index in [1.54, 1.807) is 0 Å². The van der Waals surface area contributed by atoms with E-state index >= 15 is 0 Å². The number of morpholine rings is 1. The summed E-state index contributed by atoms with van der Waals surface area (Å²) in [5.41, 5.74) is 2.46. The summed E-state index contributed by atoms with van der Waals surface area (Å²) in [6, 6.07) is 8.39. The van der Waals surface area contributed by atoms with Crippen LogP contribution in [0.15, 0.2) is 24.3 Å². The monoisotopic (exact) mass is 373 g/mol. The van der Waals surface area contributed by atoms with Crippen LogP contribution in [-0.4, -0.2) is 74.1 Å². The first-order valence-electron chi connectivity index (χ1n) is 10.0. The number of hydrogen-bond acceptors (Lipinski definition) is 4. The fourth-order valence-electron chi connectivity index (χ4n) is 3.67. The van der Waals surface area contributed by atoms with E-state index in [-0.39, 0.29) is 17.7 Å². The Hall–Kier alpha value is -1.92. The van der Waals surface area contributed by atoms with Crippen LogP contribution in [0.25, 0.3) is 0 Å². The lowest BCUT2D eigenvalue weighted by molar-refractivity contribution is -0.129. The molecule has 0 spiro atoms. The van der Waals surface area contributed by atoms with Crippen molar-refractivity contribution in [2.24, 2.45) is 5.92 Å². The molecule has 6 heteroatoms. The SMILES string of the molecule is Cc1ccc(CCN2C[C@@H](C(=O)NCCCN3CCOCC3)CC2=O)cc1. The highest BCUT2D eigenvalue weighted by atomic mass is 16.5. The standard InChI is InChI=1S/C21H31N3O3/c1-17-3-5-18(6-4-17)7-10-24-16-19(15-20(24)25)21(26)22-8-2-9-23-11-13-27-14-12-23/h3-6,19H,2,7-16H2,1H3,(H,22,26)/t19-/m0/s1. The Morgan fingerprint density at radius 1 is 1.19 bits per heavy atom. The fraction of sp³-hybridized carbons (Fsp3) is 0.619. The lowest BCUT2D eigenvalue weighted by Gasteiger charge is -2.26. The number of likely N-dealkylation sites (tertiary alicyclic amines) is 1. The van der Waals surface area contributed by atoms with Crippen molar-refractivity contribution in [3.8, 4) is 0 Å². The van der Waals surface area contributed by atoms with Gasteiger partial charge < -0.3 is 15.0 Å². The molecule has 0 radical (unpaired) electrons. The Balaban J connectivity index is 1.34. The van der Waals surface area contributed by atoms with Crippen molar-refractivity contribution in [2.45, 2.75) is 26.2 Å². The predicted molar refractivity (Wildman–Crippen MR) is 104 cm³/mol. The van der Waals surface area contributed by atoms with Crippen molar-refractivity contribution >= 4 is 11.8 Å². The minimum Gasteiger partial charge on any atom is -0.379 e. The van der Waals surface area contributed by atoms with Gasteiger partial charge in [0.25, 0.3) is 0 Å². The van der Waals surface area contributed by atoms with Gasteiger partial charge in [-0.05, 0) is 31.9 Å². The molecule has 2 aliphatic heterocycles. The van der Waals surface area contributed by atoms with Crippen molar-refractivity contribution in [2.75, 3.05) is 52.5 Å². The molecular weight excluding hydrogens is 342 g/mol. The number of aryl methyl sites for hydroxylation is 1. The molecule has 3 rings (SSSR count). The summed E-state index contributed by atoms with van der Waals surface area (Å²) in [7, 11) is 0. The van der Waals surface area contributed by atoms with E-state index in [4.69, 9.17) is 4.74 Å². The van der Waals surface area contributed by atoms with E-state index in [1.807, 2.05) is 4.90 Å². The maximum Gasteiger partial charge on any atom is 0.225 e. The summed E-state index contributed by atoms with van der Waals surface area (Å²) in [5, 5.41) is 3.01. The van der Waals surface area contributed by atoms with Crippen LogP contribution in [0.1, 0.15) is 24.0 Å². The van der Waals surface area contributed by atoms with Crippen molar-refractivity contribution in [1.29, 1.82) is 0 Å². The quantitative estimate of drug-likeness (QED) is 0.696. The highest BCUT2D eigenvalue weighted by Crippen LogP contribution is 2.18. The molecule has 2 fully saturated rings. The van der Waals surface area contributed by atoms with E-state index < -0.39 is 0 Å². The van der Waals surface area contributed by atoms with E-state index in [0.29, 0.717) is 26.1 Å². The van der Waals surface area contributed by atoms with Gasteiger partial charge in [-0.3, -0.25) is 14.5 Å². The number of carbonyl (C=O) groups is 2. The van der Waals surface area contributed by atoms with E-state index in [1.165, 1.54) is 11.1 Å². The van der Waals surface area contributed by atoms with Crippen LogP contribution in [0.3, 0.4) is 0 Å². The third-order valence-electron chi connectivity index (χ3n) is 5.43. The second-order valence-electron chi connectivity index (χ2n) is 7.57. The number of hydrogen-bond donors (Lipinski definition) is 1. The first-order valence-corrected chi connectivity index (χ1v) is 10.0.